The van der Waals surface area contributed by atoms with Gasteiger partial charge in [0.05, 0.1) is 0 Å². The van der Waals surface area contributed by atoms with E-state index >= 15 is 0 Å². The fourth-order valence-corrected chi connectivity index (χ4v) is 1.19. The molecular weight excluding hydrogens is 202 g/mol. The summed E-state index contributed by atoms with van der Waals surface area (Å²) in [6.45, 7) is 0.482. The average molecular weight is 214 g/mol. The Labute approximate surface area is 86.9 Å². The van der Waals surface area contributed by atoms with Crippen LogP contribution in [-0.4, -0.2) is 19.5 Å². The van der Waals surface area contributed by atoms with Gasteiger partial charge in [-0.25, -0.2) is 8.78 Å². The van der Waals surface area contributed by atoms with E-state index < -0.39 is 11.6 Å². The Hall–Kier alpha value is -1.29. The molecule has 0 spiro atoms. The van der Waals surface area contributed by atoms with Gasteiger partial charge in [0.2, 0.25) is 0 Å². The Morgan fingerprint density at radius 3 is 2.67 bits per heavy atom. The normalized spacial score (nSPS) is 10.3. The van der Waals surface area contributed by atoms with Gasteiger partial charge < -0.3 is 4.74 Å². The van der Waals surface area contributed by atoms with E-state index in [0.29, 0.717) is 13.0 Å². The van der Waals surface area contributed by atoms with Crippen molar-refractivity contribution < 1.29 is 18.3 Å². The SMILES string of the molecule is COCCCC(=O)c1ccc(F)c(F)c1. The molecule has 0 bridgehead atoms. The topological polar surface area (TPSA) is 26.3 Å². The van der Waals surface area contributed by atoms with E-state index in [1.165, 1.54) is 6.07 Å². The van der Waals surface area contributed by atoms with Gasteiger partial charge >= 0.3 is 0 Å². The number of ether oxygens (including phenoxy) is 1. The molecule has 1 rings (SSSR count). The van der Waals surface area contributed by atoms with Crippen LogP contribution in [-0.2, 0) is 4.74 Å². The maximum Gasteiger partial charge on any atom is 0.163 e. The molecule has 0 amide bonds. The molecule has 0 heterocycles. The van der Waals surface area contributed by atoms with Crippen LogP contribution >= 0.6 is 0 Å². The summed E-state index contributed by atoms with van der Waals surface area (Å²) in [5.41, 5.74) is 0.199. The standard InChI is InChI=1S/C11H12F2O2/c1-15-6-2-3-11(14)8-4-5-9(12)10(13)7-8/h4-5,7H,2-3,6H2,1H3. The van der Waals surface area contributed by atoms with Crippen LogP contribution in [0, 0.1) is 11.6 Å². The summed E-state index contributed by atoms with van der Waals surface area (Å²) < 4.78 is 30.1. The Morgan fingerprint density at radius 2 is 2.07 bits per heavy atom. The third-order valence-electron chi connectivity index (χ3n) is 1.99. The first-order chi connectivity index (χ1) is 7.15. The van der Waals surface area contributed by atoms with Gasteiger partial charge in [0, 0.05) is 25.7 Å². The number of benzene rings is 1. The fraction of sp³-hybridized carbons (Fsp3) is 0.364. The highest BCUT2D eigenvalue weighted by atomic mass is 19.2. The lowest BCUT2D eigenvalue weighted by atomic mass is 10.1. The molecule has 0 aliphatic carbocycles. The van der Waals surface area contributed by atoms with Gasteiger partial charge in [-0.1, -0.05) is 0 Å². The van der Waals surface area contributed by atoms with Crippen molar-refractivity contribution in [2.75, 3.05) is 13.7 Å². The molecule has 0 saturated heterocycles. The molecule has 0 unspecified atom stereocenters. The van der Waals surface area contributed by atoms with Crippen molar-refractivity contribution in [3.63, 3.8) is 0 Å². The predicted octanol–water partition coefficient (Wildman–Crippen LogP) is 2.57. The first kappa shape index (κ1) is 11.8. The summed E-state index contributed by atoms with van der Waals surface area (Å²) in [7, 11) is 1.54. The van der Waals surface area contributed by atoms with Crippen molar-refractivity contribution in [3.05, 3.63) is 35.4 Å². The van der Waals surface area contributed by atoms with Crippen LogP contribution in [0.1, 0.15) is 23.2 Å². The minimum Gasteiger partial charge on any atom is -0.385 e. The molecule has 1 aromatic carbocycles. The van der Waals surface area contributed by atoms with Gasteiger partial charge in [-0.3, -0.25) is 4.79 Å². The van der Waals surface area contributed by atoms with Crippen molar-refractivity contribution in [1.82, 2.24) is 0 Å². The second-order valence-electron chi connectivity index (χ2n) is 3.15. The van der Waals surface area contributed by atoms with Crippen LogP contribution in [0.5, 0.6) is 0 Å². The number of carbonyl (C=O) groups excluding carboxylic acids is 1. The molecule has 0 atom stereocenters. The Bertz CT molecular complexity index is 350. The van der Waals surface area contributed by atoms with Crippen molar-refractivity contribution in [1.29, 1.82) is 0 Å². The molecule has 0 N–H and O–H groups in total. The van der Waals surface area contributed by atoms with Gasteiger partial charge in [-0.15, -0.1) is 0 Å². The highest BCUT2D eigenvalue weighted by molar-refractivity contribution is 5.95. The molecule has 0 aliphatic rings. The molecule has 1 aromatic rings. The fourth-order valence-electron chi connectivity index (χ4n) is 1.19. The van der Waals surface area contributed by atoms with Gasteiger partial charge in [0.1, 0.15) is 0 Å². The Morgan fingerprint density at radius 1 is 1.33 bits per heavy atom. The highest BCUT2D eigenvalue weighted by Gasteiger charge is 2.09. The summed E-state index contributed by atoms with van der Waals surface area (Å²) in [6.07, 6.45) is 0.854. The third-order valence-corrected chi connectivity index (χ3v) is 1.99. The highest BCUT2D eigenvalue weighted by Crippen LogP contribution is 2.11. The van der Waals surface area contributed by atoms with Crippen LogP contribution in [0.15, 0.2) is 18.2 Å². The molecule has 15 heavy (non-hydrogen) atoms. The summed E-state index contributed by atoms with van der Waals surface area (Å²) in [6, 6.07) is 3.16. The van der Waals surface area contributed by atoms with Crippen LogP contribution < -0.4 is 0 Å². The number of hydrogen-bond donors (Lipinski definition) is 0. The lowest BCUT2D eigenvalue weighted by molar-refractivity contribution is 0.0963. The number of rotatable bonds is 5. The molecule has 0 aliphatic heterocycles. The van der Waals surface area contributed by atoms with E-state index in [9.17, 15) is 13.6 Å². The van der Waals surface area contributed by atoms with E-state index in [-0.39, 0.29) is 17.8 Å². The molecule has 0 radical (unpaired) electrons. The van der Waals surface area contributed by atoms with Crippen molar-refractivity contribution >= 4 is 5.78 Å². The number of methoxy groups -OCH3 is 1. The lowest BCUT2D eigenvalue weighted by Crippen LogP contribution is -2.02. The van der Waals surface area contributed by atoms with Crippen LogP contribution in [0.25, 0.3) is 0 Å². The van der Waals surface area contributed by atoms with Crippen LogP contribution in [0.2, 0.25) is 0 Å². The van der Waals surface area contributed by atoms with E-state index in [4.69, 9.17) is 4.74 Å². The predicted molar refractivity (Wildman–Crippen MR) is 51.8 cm³/mol. The first-order valence-electron chi connectivity index (χ1n) is 4.62. The quantitative estimate of drug-likeness (QED) is 0.556. The van der Waals surface area contributed by atoms with E-state index in [1.54, 1.807) is 7.11 Å². The number of carbonyl (C=O) groups is 1. The van der Waals surface area contributed by atoms with Crippen molar-refractivity contribution in [2.24, 2.45) is 0 Å². The second kappa shape index (κ2) is 5.56. The molecule has 0 fully saturated rings. The smallest absolute Gasteiger partial charge is 0.163 e. The van der Waals surface area contributed by atoms with Crippen molar-refractivity contribution in [3.8, 4) is 0 Å². The Balaban J connectivity index is 2.62. The molecule has 82 valence electrons. The van der Waals surface area contributed by atoms with Gasteiger partial charge in [0.15, 0.2) is 17.4 Å². The van der Waals surface area contributed by atoms with E-state index in [2.05, 4.69) is 0 Å². The molecule has 4 heteroatoms. The van der Waals surface area contributed by atoms with E-state index in [0.717, 1.165) is 12.1 Å². The largest absolute Gasteiger partial charge is 0.385 e. The van der Waals surface area contributed by atoms with Gasteiger partial charge in [-0.05, 0) is 24.6 Å². The van der Waals surface area contributed by atoms with Crippen LogP contribution in [0.3, 0.4) is 0 Å². The summed E-state index contributed by atoms with van der Waals surface area (Å²) in [5, 5.41) is 0. The van der Waals surface area contributed by atoms with Crippen molar-refractivity contribution in [2.45, 2.75) is 12.8 Å². The number of halogens is 2. The minimum atomic E-state index is -0.993. The van der Waals surface area contributed by atoms with Gasteiger partial charge in [0.25, 0.3) is 0 Å². The number of Topliss-reactive ketones (excluding diaryl/α,β-unsaturated/α-hetero) is 1. The monoisotopic (exact) mass is 214 g/mol. The lowest BCUT2D eigenvalue weighted by Gasteiger charge is -2.01. The zero-order chi connectivity index (χ0) is 11.3. The van der Waals surface area contributed by atoms with E-state index in [1.807, 2.05) is 0 Å². The maximum atomic E-state index is 12.8. The van der Waals surface area contributed by atoms with Gasteiger partial charge in [-0.2, -0.15) is 0 Å². The average Bonchev–Trinajstić information content (AvgIpc) is 2.22. The zero-order valence-corrected chi connectivity index (χ0v) is 8.43. The minimum absolute atomic E-state index is 0.199. The molecule has 0 aromatic heterocycles. The number of ketones is 1. The number of hydrogen-bond acceptors (Lipinski definition) is 2. The summed E-state index contributed by atoms with van der Waals surface area (Å²) in [4.78, 5) is 11.4. The Kier molecular flexibility index (Phi) is 4.37. The molecular formula is C11H12F2O2. The maximum absolute atomic E-state index is 12.8. The summed E-state index contributed by atoms with van der Waals surface area (Å²) >= 11 is 0. The second-order valence-corrected chi connectivity index (χ2v) is 3.15. The third kappa shape index (κ3) is 3.40. The zero-order valence-electron chi connectivity index (χ0n) is 8.43. The summed E-state index contributed by atoms with van der Waals surface area (Å²) in [5.74, 6) is -2.14. The van der Waals surface area contributed by atoms with Crippen LogP contribution in [0.4, 0.5) is 8.78 Å². The molecule has 0 saturated carbocycles. The first-order valence-corrected chi connectivity index (χ1v) is 4.62. The molecule has 2 nitrogen and oxygen atoms in total.